The lowest BCUT2D eigenvalue weighted by Crippen LogP contribution is -2.03. The van der Waals surface area contributed by atoms with Crippen LogP contribution in [0.2, 0.25) is 0 Å². The summed E-state index contributed by atoms with van der Waals surface area (Å²) in [6.45, 7) is 0. The summed E-state index contributed by atoms with van der Waals surface area (Å²) in [5, 5.41) is 0. The first-order valence-electron chi connectivity index (χ1n) is 3.31. The lowest BCUT2D eigenvalue weighted by Gasteiger charge is -1.92. The molecule has 2 heterocycles. The molecule has 0 amide bonds. The quantitative estimate of drug-likeness (QED) is 0.570. The highest BCUT2D eigenvalue weighted by molar-refractivity contribution is 7.92. The number of pyridine rings is 1. The van der Waals surface area contributed by atoms with E-state index in [4.69, 9.17) is 0 Å². The first-order chi connectivity index (χ1) is 5.61. The molecule has 1 aliphatic heterocycles. The Bertz CT molecular complexity index is 449. The second-order valence-corrected chi connectivity index (χ2v) is 4.51. The molecule has 0 atom stereocenters. The number of carbonyl (C=O) groups excluding carboxylic acids is 1. The maximum absolute atomic E-state index is 11.2. The highest BCUT2D eigenvalue weighted by atomic mass is 32.2. The van der Waals surface area contributed by atoms with Crippen molar-refractivity contribution in [2.75, 3.05) is 5.75 Å². The van der Waals surface area contributed by atoms with Gasteiger partial charge in [0.05, 0.1) is 10.5 Å². The van der Waals surface area contributed by atoms with Crippen molar-refractivity contribution in [2.45, 2.75) is 4.90 Å². The summed E-state index contributed by atoms with van der Waals surface area (Å²) in [5.74, 6) is -0.772. The summed E-state index contributed by atoms with van der Waals surface area (Å²) >= 11 is 0. The fourth-order valence-corrected chi connectivity index (χ4v) is 2.62. The van der Waals surface area contributed by atoms with E-state index in [-0.39, 0.29) is 16.2 Å². The molecule has 0 aromatic carbocycles. The molecule has 5 heteroatoms. The van der Waals surface area contributed by atoms with Crippen molar-refractivity contribution >= 4 is 15.6 Å². The van der Waals surface area contributed by atoms with Crippen molar-refractivity contribution in [3.8, 4) is 0 Å². The minimum absolute atomic E-state index is 0.113. The molecule has 2 rings (SSSR count). The fourth-order valence-electron chi connectivity index (χ4n) is 1.19. The van der Waals surface area contributed by atoms with Crippen LogP contribution in [-0.2, 0) is 9.84 Å². The number of nitrogens with zero attached hydrogens (tertiary/aromatic N) is 1. The van der Waals surface area contributed by atoms with Gasteiger partial charge in [-0.25, -0.2) is 8.42 Å². The number of carbonyl (C=O) groups is 1. The maximum Gasteiger partial charge on any atom is 0.186 e. The molecule has 0 unspecified atom stereocenters. The van der Waals surface area contributed by atoms with Gasteiger partial charge in [-0.15, -0.1) is 0 Å². The highest BCUT2D eigenvalue weighted by Crippen LogP contribution is 2.23. The van der Waals surface area contributed by atoms with Gasteiger partial charge in [-0.1, -0.05) is 0 Å². The monoisotopic (exact) mass is 183 g/mol. The predicted molar refractivity (Wildman–Crippen MR) is 40.6 cm³/mol. The lowest BCUT2D eigenvalue weighted by atomic mass is 10.2. The van der Waals surface area contributed by atoms with Crippen LogP contribution in [0, 0.1) is 0 Å². The smallest absolute Gasteiger partial charge is 0.186 e. The molecule has 0 aliphatic carbocycles. The van der Waals surface area contributed by atoms with E-state index in [1.807, 2.05) is 0 Å². The van der Waals surface area contributed by atoms with Gasteiger partial charge < -0.3 is 0 Å². The largest absolute Gasteiger partial charge is 0.293 e. The third kappa shape index (κ3) is 0.863. The number of rotatable bonds is 0. The Balaban J connectivity index is 2.83. The van der Waals surface area contributed by atoms with Gasteiger partial charge in [-0.05, 0) is 6.07 Å². The predicted octanol–water partition coefficient (Wildman–Crippen LogP) is 0.0516. The second kappa shape index (κ2) is 2.13. The van der Waals surface area contributed by atoms with E-state index in [0.29, 0.717) is 0 Å². The molecule has 0 fully saturated rings. The van der Waals surface area contributed by atoms with Gasteiger partial charge in [0.2, 0.25) is 0 Å². The van der Waals surface area contributed by atoms with Crippen LogP contribution in [0.1, 0.15) is 10.4 Å². The molecular formula is C7H5NO3S. The van der Waals surface area contributed by atoms with Crippen LogP contribution < -0.4 is 0 Å². The molecule has 0 radical (unpaired) electrons. The number of Topliss-reactive ketones (excluding diaryl/α,β-unsaturated/α-hetero) is 1. The van der Waals surface area contributed by atoms with Crippen LogP contribution in [0.15, 0.2) is 23.4 Å². The average Bonchev–Trinajstić information content (AvgIpc) is 2.25. The number of ketones is 1. The van der Waals surface area contributed by atoms with E-state index in [2.05, 4.69) is 4.98 Å². The van der Waals surface area contributed by atoms with E-state index in [1.165, 1.54) is 18.5 Å². The summed E-state index contributed by atoms with van der Waals surface area (Å²) in [4.78, 5) is 14.9. The van der Waals surface area contributed by atoms with Crippen LogP contribution in [0.3, 0.4) is 0 Å². The van der Waals surface area contributed by atoms with Crippen LogP contribution in [0.4, 0.5) is 0 Å². The molecule has 1 aromatic heterocycles. The zero-order valence-electron chi connectivity index (χ0n) is 6.02. The summed E-state index contributed by atoms with van der Waals surface area (Å²) in [6, 6.07) is 1.36. The molecule has 62 valence electrons. The summed E-state index contributed by atoms with van der Waals surface area (Å²) in [6.07, 6.45) is 2.66. The Morgan fingerprint density at radius 2 is 2.17 bits per heavy atom. The molecule has 0 bridgehead atoms. The van der Waals surface area contributed by atoms with Gasteiger partial charge in [-0.2, -0.15) is 0 Å². The molecule has 0 saturated carbocycles. The molecule has 1 aromatic rings. The lowest BCUT2D eigenvalue weighted by molar-refractivity contribution is 0.102. The Labute approximate surface area is 69.2 Å². The van der Waals surface area contributed by atoms with Gasteiger partial charge in [-0.3, -0.25) is 9.78 Å². The van der Waals surface area contributed by atoms with Crippen molar-refractivity contribution in [2.24, 2.45) is 0 Å². The first kappa shape index (κ1) is 7.42. The van der Waals surface area contributed by atoms with Crippen LogP contribution in [-0.4, -0.2) is 24.9 Å². The number of hydrogen-bond donors (Lipinski definition) is 0. The Kier molecular flexibility index (Phi) is 1.32. The summed E-state index contributed by atoms with van der Waals surface area (Å²) in [5.41, 5.74) is 0.220. The maximum atomic E-state index is 11.2. The summed E-state index contributed by atoms with van der Waals surface area (Å²) < 4.78 is 22.4. The molecule has 0 spiro atoms. The number of hydrogen-bond acceptors (Lipinski definition) is 4. The Hall–Kier alpha value is -1.23. The molecule has 0 saturated heterocycles. The SMILES string of the molecule is O=C1CS(=O)(=O)c2ccncc21. The molecule has 4 nitrogen and oxygen atoms in total. The molecule has 1 aliphatic rings. The average molecular weight is 183 g/mol. The molecular weight excluding hydrogens is 178 g/mol. The van der Waals surface area contributed by atoms with Gasteiger partial charge >= 0.3 is 0 Å². The number of sulfone groups is 1. The van der Waals surface area contributed by atoms with E-state index < -0.39 is 15.6 Å². The first-order valence-corrected chi connectivity index (χ1v) is 4.96. The fraction of sp³-hybridized carbons (Fsp3) is 0.143. The van der Waals surface area contributed by atoms with Crippen molar-refractivity contribution < 1.29 is 13.2 Å². The number of aromatic nitrogens is 1. The third-order valence-electron chi connectivity index (χ3n) is 1.74. The molecule has 12 heavy (non-hydrogen) atoms. The number of fused-ring (bicyclic) bond motifs is 1. The Morgan fingerprint density at radius 3 is 2.83 bits per heavy atom. The van der Waals surface area contributed by atoms with Crippen molar-refractivity contribution in [3.05, 3.63) is 24.0 Å². The van der Waals surface area contributed by atoms with Crippen molar-refractivity contribution in [3.63, 3.8) is 0 Å². The van der Waals surface area contributed by atoms with Gasteiger partial charge in [0, 0.05) is 12.4 Å². The standard InChI is InChI=1S/C7H5NO3S/c9-6-4-12(10,11)7-1-2-8-3-5(6)7/h1-3H,4H2. The van der Waals surface area contributed by atoms with E-state index >= 15 is 0 Å². The van der Waals surface area contributed by atoms with Gasteiger partial charge in [0.25, 0.3) is 0 Å². The highest BCUT2D eigenvalue weighted by Gasteiger charge is 2.32. The minimum atomic E-state index is -3.34. The van der Waals surface area contributed by atoms with E-state index in [0.717, 1.165) is 0 Å². The third-order valence-corrected chi connectivity index (χ3v) is 3.41. The minimum Gasteiger partial charge on any atom is -0.293 e. The van der Waals surface area contributed by atoms with Crippen LogP contribution in [0.5, 0.6) is 0 Å². The van der Waals surface area contributed by atoms with Gasteiger partial charge in [0.1, 0.15) is 5.75 Å². The topological polar surface area (TPSA) is 64.1 Å². The van der Waals surface area contributed by atoms with Crippen LogP contribution in [0.25, 0.3) is 0 Å². The second-order valence-electron chi connectivity index (χ2n) is 2.55. The normalized spacial score (nSPS) is 19.2. The van der Waals surface area contributed by atoms with Crippen LogP contribution >= 0.6 is 0 Å². The Morgan fingerprint density at radius 1 is 1.42 bits per heavy atom. The zero-order chi connectivity index (χ0) is 8.77. The van der Waals surface area contributed by atoms with Crippen molar-refractivity contribution in [1.82, 2.24) is 4.98 Å². The zero-order valence-corrected chi connectivity index (χ0v) is 6.84. The van der Waals surface area contributed by atoms with Gasteiger partial charge in [0.15, 0.2) is 15.6 Å². The van der Waals surface area contributed by atoms with E-state index in [9.17, 15) is 13.2 Å². The van der Waals surface area contributed by atoms with E-state index in [1.54, 1.807) is 0 Å². The molecule has 0 N–H and O–H groups in total. The van der Waals surface area contributed by atoms with Crippen molar-refractivity contribution in [1.29, 1.82) is 0 Å². The summed E-state index contributed by atoms with van der Waals surface area (Å²) in [7, 11) is -3.34.